The molecule has 3 aliphatic rings. The minimum atomic E-state index is -4.85. The van der Waals surface area contributed by atoms with Crippen LogP contribution in [0.15, 0.2) is 48.7 Å². The highest BCUT2D eigenvalue weighted by Crippen LogP contribution is 2.40. The molecule has 1 N–H and O–H groups in total. The molecule has 1 aliphatic carbocycles. The first kappa shape index (κ1) is 28.8. The van der Waals surface area contributed by atoms with Gasteiger partial charge in [0.25, 0.3) is 0 Å². The molecule has 7 nitrogen and oxygen atoms in total. The number of aromatic nitrogens is 2. The third-order valence-electron chi connectivity index (χ3n) is 8.58. The number of alkyl halides is 4. The van der Waals surface area contributed by atoms with Crippen molar-refractivity contribution in [3.05, 3.63) is 64.9 Å². The van der Waals surface area contributed by atoms with E-state index in [0.717, 1.165) is 66.1 Å². The van der Waals surface area contributed by atoms with Crippen molar-refractivity contribution in [1.82, 2.24) is 14.7 Å². The van der Waals surface area contributed by atoms with Crippen LogP contribution < -0.4 is 9.80 Å². The third-order valence-corrected chi connectivity index (χ3v) is 8.82. The molecule has 1 saturated carbocycles. The van der Waals surface area contributed by atoms with Gasteiger partial charge in [-0.1, -0.05) is 29.8 Å². The van der Waals surface area contributed by atoms with Crippen molar-refractivity contribution in [2.45, 2.75) is 37.7 Å². The Hall–Kier alpha value is -3.31. The van der Waals surface area contributed by atoms with Crippen LogP contribution in [0.4, 0.5) is 28.9 Å². The number of halogens is 5. The van der Waals surface area contributed by atoms with Crippen LogP contribution in [-0.2, 0) is 6.18 Å². The molecule has 0 amide bonds. The Balaban J connectivity index is 1.20. The van der Waals surface area contributed by atoms with Crippen LogP contribution in [0.1, 0.15) is 41.4 Å². The van der Waals surface area contributed by atoms with Crippen molar-refractivity contribution in [2.24, 2.45) is 5.92 Å². The summed E-state index contributed by atoms with van der Waals surface area (Å²) >= 11 is 6.39. The molecule has 3 heterocycles. The molecule has 42 heavy (non-hydrogen) atoms. The highest BCUT2D eigenvalue weighted by atomic mass is 35.5. The van der Waals surface area contributed by atoms with Gasteiger partial charge in [0.15, 0.2) is 5.69 Å². The average molecular weight is 606 g/mol. The van der Waals surface area contributed by atoms with Crippen molar-refractivity contribution in [3.8, 4) is 11.1 Å². The first-order valence-electron chi connectivity index (χ1n) is 14.2. The second-order valence-corrected chi connectivity index (χ2v) is 11.8. The maximum absolute atomic E-state index is 13.9. The Morgan fingerprint density at radius 1 is 1.02 bits per heavy atom. The molecule has 224 valence electrons. The van der Waals surface area contributed by atoms with Crippen molar-refractivity contribution in [2.75, 3.05) is 55.6 Å². The minimum Gasteiger partial charge on any atom is -0.478 e. The lowest BCUT2D eigenvalue weighted by Gasteiger charge is -2.37. The van der Waals surface area contributed by atoms with Gasteiger partial charge < -0.3 is 14.9 Å². The number of carboxylic acids is 1. The van der Waals surface area contributed by atoms with Crippen LogP contribution in [0.3, 0.4) is 0 Å². The molecule has 3 aromatic rings. The summed E-state index contributed by atoms with van der Waals surface area (Å²) in [5.41, 5.74) is 1.69. The summed E-state index contributed by atoms with van der Waals surface area (Å²) in [4.78, 5) is 18.2. The van der Waals surface area contributed by atoms with Gasteiger partial charge in [-0.05, 0) is 49.1 Å². The Morgan fingerprint density at radius 2 is 1.74 bits per heavy atom. The number of piperidine rings is 1. The van der Waals surface area contributed by atoms with E-state index in [2.05, 4.69) is 27.0 Å². The molecule has 3 atom stereocenters. The molecule has 1 aromatic heterocycles. The third kappa shape index (κ3) is 5.94. The zero-order valence-electron chi connectivity index (χ0n) is 22.9. The zero-order chi connectivity index (χ0) is 29.6. The van der Waals surface area contributed by atoms with Gasteiger partial charge in [0.2, 0.25) is 0 Å². The molecular weight excluding hydrogens is 574 g/mol. The topological polar surface area (TPSA) is 64.8 Å². The molecule has 0 bridgehead atoms. The summed E-state index contributed by atoms with van der Waals surface area (Å²) in [5.74, 6) is -1.45. The largest absolute Gasteiger partial charge is 0.478 e. The van der Waals surface area contributed by atoms with Gasteiger partial charge in [0, 0.05) is 73.7 Å². The lowest BCUT2D eigenvalue weighted by Crippen LogP contribution is -2.47. The molecule has 3 fully saturated rings. The number of anilines is 2. The SMILES string of the molecule is O=C(O)c1cnn(C2CCCN(c3cc(Cl)ccc3-c3ccc(N4CCN(C[C@H]5CC5F)CC4)cc3)C2)c1C(F)(F)F. The van der Waals surface area contributed by atoms with Gasteiger partial charge in [-0.15, -0.1) is 0 Å². The van der Waals surface area contributed by atoms with Gasteiger partial charge in [-0.2, -0.15) is 18.3 Å². The molecular formula is C30H32ClF4N5O2. The maximum Gasteiger partial charge on any atom is 0.433 e. The summed E-state index contributed by atoms with van der Waals surface area (Å²) in [5, 5.41) is 13.7. The highest BCUT2D eigenvalue weighted by molar-refractivity contribution is 6.31. The summed E-state index contributed by atoms with van der Waals surface area (Å²) in [7, 11) is 0. The predicted molar refractivity (Wildman–Crippen MR) is 153 cm³/mol. The Labute approximate surface area is 246 Å². The van der Waals surface area contributed by atoms with Crippen molar-refractivity contribution in [1.29, 1.82) is 0 Å². The maximum atomic E-state index is 13.9. The van der Waals surface area contributed by atoms with Gasteiger partial charge in [-0.25, -0.2) is 9.18 Å². The predicted octanol–water partition coefficient (Wildman–Crippen LogP) is 6.24. The quantitative estimate of drug-likeness (QED) is 0.322. The summed E-state index contributed by atoms with van der Waals surface area (Å²) < 4.78 is 55.8. The highest BCUT2D eigenvalue weighted by Gasteiger charge is 2.42. The van der Waals surface area contributed by atoms with Gasteiger partial charge >= 0.3 is 12.1 Å². The van der Waals surface area contributed by atoms with E-state index >= 15 is 0 Å². The van der Waals surface area contributed by atoms with E-state index in [1.807, 2.05) is 29.2 Å². The van der Waals surface area contributed by atoms with E-state index < -0.39 is 35.6 Å². The van der Waals surface area contributed by atoms with Crippen LogP contribution in [-0.4, -0.2) is 77.7 Å². The molecule has 2 unspecified atom stereocenters. The van der Waals surface area contributed by atoms with E-state index in [0.29, 0.717) is 30.8 Å². The van der Waals surface area contributed by atoms with Crippen LogP contribution >= 0.6 is 11.6 Å². The van der Waals surface area contributed by atoms with Crippen LogP contribution in [0.2, 0.25) is 5.02 Å². The van der Waals surface area contributed by atoms with E-state index in [1.54, 1.807) is 6.07 Å². The molecule has 2 aromatic carbocycles. The number of hydrogen-bond acceptors (Lipinski definition) is 5. The summed E-state index contributed by atoms with van der Waals surface area (Å²) in [6.45, 7) is 5.24. The average Bonchev–Trinajstić information content (AvgIpc) is 3.46. The monoisotopic (exact) mass is 605 g/mol. The summed E-state index contributed by atoms with van der Waals surface area (Å²) in [6, 6.07) is 13.1. The van der Waals surface area contributed by atoms with Crippen molar-refractivity contribution in [3.63, 3.8) is 0 Å². The van der Waals surface area contributed by atoms with Gasteiger partial charge in [0.1, 0.15) is 11.7 Å². The fraction of sp³-hybridized carbons (Fsp3) is 0.467. The number of nitrogens with zero attached hydrogens (tertiary/aromatic N) is 5. The lowest BCUT2D eigenvalue weighted by molar-refractivity contribution is -0.145. The normalized spacial score (nSPS) is 23.3. The molecule has 6 rings (SSSR count). The van der Waals surface area contributed by atoms with Crippen LogP contribution in [0.25, 0.3) is 11.1 Å². The minimum absolute atomic E-state index is 0.202. The van der Waals surface area contributed by atoms with E-state index in [4.69, 9.17) is 11.6 Å². The number of carbonyl (C=O) groups is 1. The summed E-state index contributed by atoms with van der Waals surface area (Å²) in [6.07, 6.45) is -2.96. The molecule has 2 saturated heterocycles. The van der Waals surface area contributed by atoms with Gasteiger partial charge in [-0.3, -0.25) is 9.58 Å². The number of aromatic carboxylic acids is 1. The number of carboxylic acid groups (broad SMARTS) is 1. The molecule has 0 spiro atoms. The lowest BCUT2D eigenvalue weighted by atomic mass is 9.99. The Morgan fingerprint density at radius 3 is 2.38 bits per heavy atom. The Kier molecular flexibility index (Phi) is 7.82. The first-order chi connectivity index (χ1) is 20.1. The fourth-order valence-electron chi connectivity index (χ4n) is 6.23. The standard InChI is InChI=1S/C30H32ClF4N5O2/c31-21-5-8-24(19-3-6-22(7-4-19)38-12-10-37(11-13-38)17-20-14-26(20)32)27(15-21)39-9-1-2-23(18-39)40-28(30(33,34)35)25(16-36-40)29(41)42/h3-8,15-16,20,23,26H,1-2,9-14,17-18H2,(H,41,42)/t20-,23?,26?/m1/s1. The Bertz CT molecular complexity index is 1440. The number of benzene rings is 2. The van der Waals surface area contributed by atoms with Crippen LogP contribution in [0, 0.1) is 5.92 Å². The molecule has 12 heteroatoms. The van der Waals surface area contributed by atoms with Crippen LogP contribution in [0.5, 0.6) is 0 Å². The smallest absolute Gasteiger partial charge is 0.433 e. The van der Waals surface area contributed by atoms with Crippen molar-refractivity contribution < 1.29 is 27.5 Å². The number of hydrogen-bond donors (Lipinski definition) is 1. The zero-order valence-corrected chi connectivity index (χ0v) is 23.7. The van der Waals surface area contributed by atoms with E-state index in [9.17, 15) is 27.5 Å². The second-order valence-electron chi connectivity index (χ2n) is 11.4. The second kappa shape index (κ2) is 11.4. The van der Waals surface area contributed by atoms with Crippen molar-refractivity contribution >= 4 is 28.9 Å². The first-order valence-corrected chi connectivity index (χ1v) is 14.6. The number of piperazine rings is 1. The van der Waals surface area contributed by atoms with E-state index in [1.165, 1.54) is 0 Å². The molecule has 2 aliphatic heterocycles. The molecule has 0 radical (unpaired) electrons. The van der Waals surface area contributed by atoms with Gasteiger partial charge in [0.05, 0.1) is 12.2 Å². The van der Waals surface area contributed by atoms with E-state index in [-0.39, 0.29) is 12.5 Å². The number of rotatable bonds is 7. The fourth-order valence-corrected chi connectivity index (χ4v) is 6.40.